The fraction of sp³-hybridized carbons (Fsp3) is 0.643. The van der Waals surface area contributed by atoms with Gasteiger partial charge >= 0.3 is 5.97 Å². The Labute approximate surface area is 553 Å². The summed E-state index contributed by atoms with van der Waals surface area (Å²) in [4.78, 5) is 70.8. The third-order valence-corrected chi connectivity index (χ3v) is 17.3. The van der Waals surface area contributed by atoms with E-state index in [1.165, 1.54) is 0 Å². The van der Waals surface area contributed by atoms with Crippen molar-refractivity contribution in [3.8, 4) is 0 Å². The number of benzene rings is 1. The number of ketones is 2. The number of fused-ring (bicyclic) bond motifs is 2. The Morgan fingerprint density at radius 2 is 1.31 bits per heavy atom. The number of anilines is 1. The van der Waals surface area contributed by atoms with Crippen LogP contribution in [0.4, 0.5) is 5.69 Å². The number of hydrogen-bond donors (Lipinski definition) is 13. The second kappa shape index (κ2) is 40.8. The first kappa shape index (κ1) is 79.0. The number of likely N-dealkylation sites (N-methyl/N-ethyl adjacent to an activating group) is 1. The molecular formula is C70H107N5O19. The number of hydrogen-bond acceptors (Lipinski definition) is 22. The Bertz CT molecular complexity index is 2700. The van der Waals surface area contributed by atoms with Gasteiger partial charge in [0.05, 0.1) is 86.0 Å². The zero-order chi connectivity index (χ0) is 68.9. The number of nitrogens with zero attached hydrogens (tertiary/aromatic N) is 2. The van der Waals surface area contributed by atoms with E-state index in [-0.39, 0.29) is 56.4 Å². The number of cyclic esters (lactones) is 1. The van der Waals surface area contributed by atoms with Crippen LogP contribution in [0.15, 0.2) is 109 Å². The Morgan fingerprint density at radius 1 is 0.723 bits per heavy atom. The number of esters is 1. The van der Waals surface area contributed by atoms with Crippen LogP contribution in [0.25, 0.3) is 0 Å². The van der Waals surface area contributed by atoms with E-state index in [2.05, 4.69) is 16.0 Å². The van der Waals surface area contributed by atoms with Gasteiger partial charge in [-0.05, 0) is 109 Å². The van der Waals surface area contributed by atoms with Gasteiger partial charge in [0.25, 0.3) is 0 Å². The number of allylic oxidation sites excluding steroid dienone is 12. The average Bonchev–Trinajstić information content (AvgIpc) is 0.808. The summed E-state index contributed by atoms with van der Waals surface area (Å²) in [6.45, 7) is 7.43. The predicted molar refractivity (Wildman–Crippen MR) is 353 cm³/mol. The number of Topliss-reactive ketones (excluding diaryl/α,β-unsaturated/α-hetero) is 2. The molecule has 4 aliphatic heterocycles. The van der Waals surface area contributed by atoms with E-state index in [4.69, 9.17) is 18.9 Å². The normalized spacial score (nSPS) is 35.3. The molecule has 2 bridgehead atoms. The van der Waals surface area contributed by atoms with Crippen molar-refractivity contribution in [3.05, 3.63) is 115 Å². The number of amides is 2. The van der Waals surface area contributed by atoms with E-state index >= 15 is 0 Å². The molecule has 4 heterocycles. The first-order valence-corrected chi connectivity index (χ1v) is 33.2. The molecule has 24 heteroatoms. The van der Waals surface area contributed by atoms with Gasteiger partial charge in [-0.15, -0.1) is 0 Å². The van der Waals surface area contributed by atoms with Crippen LogP contribution in [0.3, 0.4) is 0 Å². The van der Waals surface area contributed by atoms with Gasteiger partial charge in [0, 0.05) is 75.8 Å². The summed E-state index contributed by atoms with van der Waals surface area (Å²) in [5, 5.41) is 122. The van der Waals surface area contributed by atoms with E-state index in [0.717, 1.165) is 38.0 Å². The summed E-state index contributed by atoms with van der Waals surface area (Å²) in [6.07, 6.45) is 5.36. The van der Waals surface area contributed by atoms with Gasteiger partial charge in [-0.25, -0.2) is 0 Å². The zero-order valence-corrected chi connectivity index (χ0v) is 55.5. The number of carbonyl (C=O) groups excluding carboxylic acids is 5. The maximum atomic E-state index is 14.1. The van der Waals surface area contributed by atoms with Crippen LogP contribution in [0.1, 0.15) is 127 Å². The Kier molecular flexibility index (Phi) is 34.3. The number of aliphatic hydroxyl groups is 10. The first-order chi connectivity index (χ1) is 44.7. The summed E-state index contributed by atoms with van der Waals surface area (Å²) in [7, 11) is 5.40. The number of ether oxygens (including phenoxy) is 4. The molecule has 3 fully saturated rings. The van der Waals surface area contributed by atoms with Crippen molar-refractivity contribution in [1.82, 2.24) is 20.4 Å². The Balaban J connectivity index is 1.38. The van der Waals surface area contributed by atoms with E-state index in [0.29, 0.717) is 18.5 Å². The van der Waals surface area contributed by atoms with Gasteiger partial charge in [-0.1, -0.05) is 105 Å². The summed E-state index contributed by atoms with van der Waals surface area (Å²) in [6, 6.07) is 5.70. The van der Waals surface area contributed by atoms with Crippen molar-refractivity contribution >= 4 is 35.0 Å². The van der Waals surface area contributed by atoms with E-state index < -0.39 is 172 Å². The highest BCUT2D eigenvalue weighted by molar-refractivity contribution is 5.96. The molecule has 19 atom stereocenters. The molecule has 5 rings (SSSR count). The molecule has 13 N–H and O–H groups in total. The van der Waals surface area contributed by atoms with Crippen molar-refractivity contribution in [2.75, 3.05) is 59.2 Å². The van der Waals surface area contributed by atoms with Crippen LogP contribution in [-0.4, -0.2) is 242 Å². The minimum Gasteiger partial charge on any atom is -0.461 e. The van der Waals surface area contributed by atoms with E-state index in [1.807, 2.05) is 43.8 Å². The maximum absolute atomic E-state index is 14.1. The minimum absolute atomic E-state index is 0.0598. The van der Waals surface area contributed by atoms with Crippen molar-refractivity contribution in [2.24, 2.45) is 17.8 Å². The molecule has 0 aromatic heterocycles. The van der Waals surface area contributed by atoms with Gasteiger partial charge in [0.15, 0.2) is 17.9 Å². The average molecular weight is 1320 g/mol. The van der Waals surface area contributed by atoms with Crippen LogP contribution in [-0.2, 0) is 38.1 Å². The summed E-state index contributed by atoms with van der Waals surface area (Å²) < 4.78 is 24.8. The van der Waals surface area contributed by atoms with Crippen molar-refractivity contribution in [3.63, 3.8) is 0 Å². The van der Waals surface area contributed by atoms with Crippen LogP contribution in [0.5, 0.6) is 0 Å². The molecule has 14 unspecified atom stereocenters. The summed E-state index contributed by atoms with van der Waals surface area (Å²) >= 11 is 0. The van der Waals surface area contributed by atoms with Gasteiger partial charge in [0.2, 0.25) is 11.8 Å². The van der Waals surface area contributed by atoms with Crippen LogP contribution < -0.4 is 16.0 Å². The number of aliphatic hydroxyl groups excluding tert-OH is 9. The SMILES string of the molecule is CNc1ccc(C(=O)CC(O)CCC(C)C2OC(=O)CC(O)CC(=O)CC(O)CC(O)CC(O)CC(O)CC3(O)CC(O)C(C(=O)NCCN(C)C)C(CC(O[C@@H]4O[C@H](C)[C@@H](O)[C@H](NC(=O)CN5CCCCC5)[C@@H]4O)/C=C/C=C/C=C/C=C\C=C/C=C/C=C/C2C)O3)cc1. The highest BCUT2D eigenvalue weighted by Crippen LogP contribution is 2.38. The molecule has 526 valence electrons. The molecule has 0 saturated carbocycles. The predicted octanol–water partition coefficient (Wildman–Crippen LogP) is 2.98. The molecule has 0 aliphatic carbocycles. The monoisotopic (exact) mass is 1320 g/mol. The Morgan fingerprint density at radius 3 is 1.93 bits per heavy atom. The fourth-order valence-corrected chi connectivity index (χ4v) is 12.3. The lowest BCUT2D eigenvalue weighted by molar-refractivity contribution is -0.307. The highest BCUT2D eigenvalue weighted by atomic mass is 16.7. The molecular weight excluding hydrogens is 1210 g/mol. The maximum Gasteiger partial charge on any atom is 0.308 e. The second-order valence-corrected chi connectivity index (χ2v) is 26.0. The third-order valence-electron chi connectivity index (χ3n) is 17.3. The molecule has 1 aromatic carbocycles. The van der Waals surface area contributed by atoms with Gasteiger partial charge < -0.3 is 90.9 Å². The van der Waals surface area contributed by atoms with Crippen molar-refractivity contribution in [2.45, 2.75) is 215 Å². The topological polar surface area (TPSA) is 367 Å². The number of rotatable bonds is 17. The number of carbonyl (C=O) groups is 5. The standard InChI is InChI=1S/C70H107N5O19/c1-45-22-18-15-13-11-9-7-8-10-12-14-16-19-23-57(92-69-66(88)64(65(87)47(3)91-69)73-61(85)44-75-31-20-17-21-32-75)41-60-63(68(89)72-30-33-74(5)6)59(84)43-70(90,94-60)42-56(82)38-54(80)36-52(78)34-51(77)35-53(79)37-55(81)40-62(86)93-67(45)46(2)24-29-50(76)39-58(83)48-25-27-49(71-4)28-26-48/h7-16,18-19,22-23,25-28,45-47,50-52,54-57,59-60,63-67,69,71,76-78,80-82,84,87-88,90H,17,20-21,24,29-44H2,1-6H3,(H,72,89)(H,73,85)/b8-7-,11-9-,12-10+,15-13+,16-14+,22-18+,23-19+/t45?,46?,47-,50?,51?,52?,54?,55?,56?,57?,59?,60?,63?,64+,65-,66+,67?,69+,70?/m1/s1. The number of likely N-dealkylation sites (tertiary alicyclic amines) is 1. The quantitative estimate of drug-likeness (QED) is 0.0787. The molecule has 4 aliphatic rings. The minimum atomic E-state index is -2.32. The lowest BCUT2D eigenvalue weighted by Gasteiger charge is -2.46. The fourth-order valence-electron chi connectivity index (χ4n) is 12.3. The number of piperidine rings is 1. The molecule has 1 aromatic rings. The summed E-state index contributed by atoms with van der Waals surface area (Å²) in [5.41, 5.74) is 1.30. The van der Waals surface area contributed by atoms with Crippen LogP contribution in [0.2, 0.25) is 0 Å². The second-order valence-electron chi connectivity index (χ2n) is 26.0. The molecule has 2 amide bonds. The summed E-state index contributed by atoms with van der Waals surface area (Å²) in [5.74, 6) is -7.00. The molecule has 94 heavy (non-hydrogen) atoms. The van der Waals surface area contributed by atoms with Crippen LogP contribution in [0, 0.1) is 17.8 Å². The van der Waals surface area contributed by atoms with E-state index in [1.54, 1.807) is 117 Å². The molecule has 3 saturated heterocycles. The third kappa shape index (κ3) is 28.2. The van der Waals surface area contributed by atoms with Gasteiger partial charge in [-0.3, -0.25) is 28.9 Å². The highest BCUT2D eigenvalue weighted by Gasteiger charge is 2.51. The van der Waals surface area contributed by atoms with Crippen molar-refractivity contribution < 1.29 is 94.0 Å². The first-order valence-electron chi connectivity index (χ1n) is 33.2. The lowest BCUT2D eigenvalue weighted by Crippen LogP contribution is -2.65. The zero-order valence-electron chi connectivity index (χ0n) is 55.5. The smallest absolute Gasteiger partial charge is 0.308 e. The van der Waals surface area contributed by atoms with Crippen LogP contribution >= 0.6 is 0 Å². The van der Waals surface area contributed by atoms with Gasteiger partial charge in [-0.2, -0.15) is 0 Å². The molecule has 24 nitrogen and oxygen atoms in total. The largest absolute Gasteiger partial charge is 0.461 e. The van der Waals surface area contributed by atoms with Crippen molar-refractivity contribution in [1.29, 1.82) is 0 Å². The number of nitrogens with one attached hydrogen (secondary N) is 3. The molecule has 0 spiro atoms. The van der Waals surface area contributed by atoms with E-state index in [9.17, 15) is 75.0 Å². The Hall–Kier alpha value is -5.65. The molecule has 0 radical (unpaired) electrons. The lowest BCUT2D eigenvalue weighted by atomic mass is 9.82. The van der Waals surface area contributed by atoms with Gasteiger partial charge in [0.1, 0.15) is 24.1 Å².